The Morgan fingerprint density at radius 2 is 1.76 bits per heavy atom. The zero-order valence-electron chi connectivity index (χ0n) is 13.8. The summed E-state index contributed by atoms with van der Waals surface area (Å²) in [7, 11) is 0. The maximum Gasteiger partial charge on any atom is 0.246 e. The molecule has 0 bridgehead atoms. The van der Waals surface area contributed by atoms with Crippen LogP contribution >= 0.6 is 0 Å². The first-order valence-corrected chi connectivity index (χ1v) is 8.29. The van der Waals surface area contributed by atoms with E-state index < -0.39 is 29.4 Å². The molecule has 0 spiro atoms. The number of halogens is 3. The maximum atomic E-state index is 13.7. The lowest BCUT2D eigenvalue weighted by Gasteiger charge is -2.22. The first-order chi connectivity index (χ1) is 12.0. The van der Waals surface area contributed by atoms with Crippen molar-refractivity contribution in [3.63, 3.8) is 0 Å². The third kappa shape index (κ3) is 3.62. The van der Waals surface area contributed by atoms with Gasteiger partial charge in [-0.05, 0) is 61.9 Å². The van der Waals surface area contributed by atoms with Crippen LogP contribution in [0.15, 0.2) is 30.3 Å². The second kappa shape index (κ2) is 7.17. The average molecular weight is 348 g/mol. The number of carbonyl (C=O) groups is 1. The van der Waals surface area contributed by atoms with Gasteiger partial charge in [-0.15, -0.1) is 0 Å². The highest BCUT2D eigenvalue weighted by Crippen LogP contribution is 2.28. The zero-order chi connectivity index (χ0) is 18.0. The smallest absolute Gasteiger partial charge is 0.246 e. The van der Waals surface area contributed by atoms with E-state index in [1.165, 1.54) is 11.1 Å². The highest BCUT2D eigenvalue weighted by atomic mass is 19.2. The Labute approximate surface area is 144 Å². The number of hydrogen-bond acceptors (Lipinski definition) is 2. The number of benzene rings is 2. The van der Waals surface area contributed by atoms with Gasteiger partial charge in [0.05, 0.1) is 5.69 Å². The number of amides is 1. The molecule has 1 atom stereocenters. The van der Waals surface area contributed by atoms with Crippen molar-refractivity contribution in [2.24, 2.45) is 0 Å². The molecule has 1 aliphatic carbocycles. The van der Waals surface area contributed by atoms with Crippen LogP contribution in [0, 0.1) is 17.5 Å². The molecule has 0 aliphatic heterocycles. The standard InChI is InChI=1S/C19H19F3N2O/c1-11(19(25)24-16-10-9-14(20)17(21)18(16)22)23-15-8-4-6-12-5-2-3-7-13(12)15/h4,6,8-11,23H,2-3,5,7H2,1H3,(H,24,25)/t11-/m1/s1. The van der Waals surface area contributed by atoms with Crippen molar-refractivity contribution in [3.8, 4) is 0 Å². The summed E-state index contributed by atoms with van der Waals surface area (Å²) in [5.41, 5.74) is 2.97. The zero-order valence-corrected chi connectivity index (χ0v) is 13.8. The van der Waals surface area contributed by atoms with Crippen LogP contribution in [0.4, 0.5) is 24.5 Å². The molecule has 0 saturated heterocycles. The predicted octanol–water partition coefficient (Wildman–Crippen LogP) is 4.42. The second-order valence-electron chi connectivity index (χ2n) is 6.23. The maximum absolute atomic E-state index is 13.7. The first kappa shape index (κ1) is 17.3. The van der Waals surface area contributed by atoms with E-state index in [1.54, 1.807) is 6.92 Å². The van der Waals surface area contributed by atoms with Gasteiger partial charge >= 0.3 is 0 Å². The van der Waals surface area contributed by atoms with E-state index in [0.29, 0.717) is 0 Å². The van der Waals surface area contributed by atoms with Crippen molar-refractivity contribution >= 4 is 17.3 Å². The Balaban J connectivity index is 1.73. The van der Waals surface area contributed by atoms with E-state index in [1.807, 2.05) is 12.1 Å². The monoisotopic (exact) mass is 348 g/mol. The number of fused-ring (bicyclic) bond motifs is 1. The fourth-order valence-electron chi connectivity index (χ4n) is 3.08. The Kier molecular flexibility index (Phi) is 4.97. The van der Waals surface area contributed by atoms with E-state index in [4.69, 9.17) is 0 Å². The van der Waals surface area contributed by atoms with Crippen LogP contribution in [0.5, 0.6) is 0 Å². The highest BCUT2D eigenvalue weighted by molar-refractivity contribution is 5.96. The van der Waals surface area contributed by atoms with E-state index in [-0.39, 0.29) is 5.69 Å². The minimum Gasteiger partial charge on any atom is -0.374 e. The Morgan fingerprint density at radius 1 is 1.00 bits per heavy atom. The van der Waals surface area contributed by atoms with Crippen LogP contribution in [-0.2, 0) is 17.6 Å². The summed E-state index contributed by atoms with van der Waals surface area (Å²) in [5, 5.41) is 5.43. The summed E-state index contributed by atoms with van der Waals surface area (Å²) in [6, 6.07) is 7.04. The van der Waals surface area contributed by atoms with Crippen molar-refractivity contribution in [1.29, 1.82) is 0 Å². The normalized spacial score (nSPS) is 14.6. The lowest BCUT2D eigenvalue weighted by molar-refractivity contribution is -0.116. The summed E-state index contributed by atoms with van der Waals surface area (Å²) in [5.74, 6) is -4.83. The Hall–Kier alpha value is -2.50. The largest absolute Gasteiger partial charge is 0.374 e. The van der Waals surface area contributed by atoms with Gasteiger partial charge in [0.15, 0.2) is 17.5 Å². The topological polar surface area (TPSA) is 41.1 Å². The molecule has 0 saturated carbocycles. The summed E-state index contributed by atoms with van der Waals surface area (Å²) >= 11 is 0. The van der Waals surface area contributed by atoms with Gasteiger partial charge in [-0.25, -0.2) is 13.2 Å². The second-order valence-corrected chi connectivity index (χ2v) is 6.23. The van der Waals surface area contributed by atoms with E-state index in [0.717, 1.165) is 43.5 Å². The fourth-order valence-corrected chi connectivity index (χ4v) is 3.08. The van der Waals surface area contributed by atoms with Crippen LogP contribution in [-0.4, -0.2) is 11.9 Å². The van der Waals surface area contributed by atoms with Crippen LogP contribution < -0.4 is 10.6 Å². The van der Waals surface area contributed by atoms with Crippen molar-refractivity contribution in [1.82, 2.24) is 0 Å². The molecule has 3 nitrogen and oxygen atoms in total. The molecule has 2 aromatic carbocycles. The molecule has 0 unspecified atom stereocenters. The van der Waals surface area contributed by atoms with Gasteiger partial charge in [-0.1, -0.05) is 12.1 Å². The number of nitrogens with one attached hydrogen (secondary N) is 2. The predicted molar refractivity (Wildman–Crippen MR) is 91.1 cm³/mol. The van der Waals surface area contributed by atoms with Crippen molar-refractivity contribution in [3.05, 3.63) is 58.9 Å². The number of aryl methyl sites for hydroxylation is 1. The molecule has 2 N–H and O–H groups in total. The van der Waals surface area contributed by atoms with Gasteiger partial charge in [-0.3, -0.25) is 4.79 Å². The van der Waals surface area contributed by atoms with Gasteiger partial charge in [0.1, 0.15) is 6.04 Å². The minimum atomic E-state index is -1.60. The Bertz CT molecular complexity index is 807. The molecule has 6 heteroatoms. The quantitative estimate of drug-likeness (QED) is 0.803. The number of rotatable bonds is 4. The van der Waals surface area contributed by atoms with Gasteiger partial charge < -0.3 is 10.6 Å². The number of anilines is 2. The van der Waals surface area contributed by atoms with Gasteiger partial charge in [0, 0.05) is 5.69 Å². The average Bonchev–Trinajstić information content (AvgIpc) is 2.62. The van der Waals surface area contributed by atoms with Crippen molar-refractivity contribution < 1.29 is 18.0 Å². The minimum absolute atomic E-state index is 0.382. The molecular weight excluding hydrogens is 329 g/mol. The molecule has 0 aromatic heterocycles. The summed E-state index contributed by atoms with van der Waals surface area (Å²) in [6.07, 6.45) is 4.23. The van der Waals surface area contributed by atoms with Gasteiger partial charge in [0.25, 0.3) is 0 Å². The number of hydrogen-bond donors (Lipinski definition) is 2. The van der Waals surface area contributed by atoms with Crippen LogP contribution in [0.25, 0.3) is 0 Å². The molecule has 25 heavy (non-hydrogen) atoms. The van der Waals surface area contributed by atoms with Crippen LogP contribution in [0.1, 0.15) is 30.9 Å². The first-order valence-electron chi connectivity index (χ1n) is 8.29. The molecule has 1 aliphatic rings. The third-order valence-corrected chi connectivity index (χ3v) is 4.45. The van der Waals surface area contributed by atoms with Crippen molar-refractivity contribution in [2.75, 3.05) is 10.6 Å². The van der Waals surface area contributed by atoms with E-state index in [9.17, 15) is 18.0 Å². The fraction of sp³-hybridized carbons (Fsp3) is 0.316. The van der Waals surface area contributed by atoms with Crippen molar-refractivity contribution in [2.45, 2.75) is 38.6 Å². The van der Waals surface area contributed by atoms with Crippen LogP contribution in [0.3, 0.4) is 0 Å². The van der Waals surface area contributed by atoms with Crippen LogP contribution in [0.2, 0.25) is 0 Å². The lowest BCUT2D eigenvalue weighted by Crippen LogP contribution is -2.32. The number of carbonyl (C=O) groups excluding carboxylic acids is 1. The van der Waals surface area contributed by atoms with Gasteiger partial charge in [0.2, 0.25) is 5.91 Å². The summed E-state index contributed by atoms with van der Waals surface area (Å²) < 4.78 is 39.9. The highest BCUT2D eigenvalue weighted by Gasteiger charge is 2.20. The molecular formula is C19H19F3N2O. The Morgan fingerprint density at radius 3 is 2.56 bits per heavy atom. The molecule has 0 fully saturated rings. The molecule has 0 heterocycles. The molecule has 0 radical (unpaired) electrons. The van der Waals surface area contributed by atoms with E-state index in [2.05, 4.69) is 16.7 Å². The van der Waals surface area contributed by atoms with E-state index >= 15 is 0 Å². The van der Waals surface area contributed by atoms with Gasteiger partial charge in [-0.2, -0.15) is 0 Å². The summed E-state index contributed by atoms with van der Waals surface area (Å²) in [6.45, 7) is 1.63. The molecule has 2 aromatic rings. The molecule has 1 amide bonds. The lowest BCUT2D eigenvalue weighted by atomic mass is 9.90. The molecule has 132 valence electrons. The molecule has 3 rings (SSSR count). The summed E-state index contributed by atoms with van der Waals surface area (Å²) in [4.78, 5) is 12.3. The SMILES string of the molecule is C[C@@H](Nc1cccc2c1CCCC2)C(=O)Nc1ccc(F)c(F)c1F. The third-order valence-electron chi connectivity index (χ3n) is 4.45.